The molecule has 3 N–H and O–H groups in total. The molecule has 3 aromatic rings. The lowest BCUT2D eigenvalue weighted by atomic mass is 10.2. The fraction of sp³-hybridized carbons (Fsp3) is 0.0500. The van der Waals surface area contributed by atoms with Crippen LogP contribution in [0.2, 0.25) is 0 Å². The van der Waals surface area contributed by atoms with Crippen LogP contribution in [-0.2, 0) is 9.59 Å². The quantitative estimate of drug-likeness (QED) is 0.415. The zero-order chi connectivity index (χ0) is 19.8. The summed E-state index contributed by atoms with van der Waals surface area (Å²) in [6.07, 6.45) is 8.82. The summed E-state index contributed by atoms with van der Waals surface area (Å²) in [5.41, 5.74) is 3.01. The van der Waals surface area contributed by atoms with Crippen LogP contribution < -0.4 is 10.6 Å². The highest BCUT2D eigenvalue weighted by atomic mass is 16.1. The number of anilines is 2. The molecule has 8 nitrogen and oxygen atoms in total. The summed E-state index contributed by atoms with van der Waals surface area (Å²) < 4.78 is 0. The molecular formula is C20H18N6O2. The third-order valence-electron chi connectivity index (χ3n) is 3.73. The Hall–Kier alpha value is -4.07. The minimum absolute atomic E-state index is 0.124. The second kappa shape index (κ2) is 9.04. The molecule has 0 saturated carbocycles. The fourth-order valence-corrected chi connectivity index (χ4v) is 2.46. The van der Waals surface area contributed by atoms with Crippen LogP contribution in [0.4, 0.5) is 11.5 Å². The van der Waals surface area contributed by atoms with E-state index in [1.807, 2.05) is 12.1 Å². The first-order valence-corrected chi connectivity index (χ1v) is 8.45. The second-order valence-electron chi connectivity index (χ2n) is 5.67. The van der Waals surface area contributed by atoms with Crippen molar-refractivity contribution in [2.75, 3.05) is 10.6 Å². The zero-order valence-corrected chi connectivity index (χ0v) is 14.9. The van der Waals surface area contributed by atoms with Gasteiger partial charge in [0.1, 0.15) is 11.6 Å². The van der Waals surface area contributed by atoms with E-state index in [1.165, 1.54) is 6.20 Å². The van der Waals surface area contributed by atoms with Crippen LogP contribution >= 0.6 is 0 Å². The van der Waals surface area contributed by atoms with Gasteiger partial charge in [-0.3, -0.25) is 14.6 Å². The Morgan fingerprint density at radius 3 is 2.86 bits per heavy atom. The van der Waals surface area contributed by atoms with Gasteiger partial charge in [0.25, 0.3) is 0 Å². The molecule has 8 heteroatoms. The number of carbonyl (C=O) groups excluding carboxylic acids is 2. The van der Waals surface area contributed by atoms with Gasteiger partial charge in [0.05, 0.1) is 17.2 Å². The number of pyridine rings is 1. The number of aliphatic imine (C=N–C) groups is 1. The summed E-state index contributed by atoms with van der Waals surface area (Å²) in [4.78, 5) is 38.1. The first kappa shape index (κ1) is 18.7. The van der Waals surface area contributed by atoms with Gasteiger partial charge in [0.2, 0.25) is 12.3 Å². The molecule has 0 aliphatic rings. The average molecular weight is 374 g/mol. The SMILES string of the molecule is C=CN=C/C=C\CC(=O)Nc1ccc(-c2nc3cc(NC=O)ncc3[nH]2)cc1. The zero-order valence-electron chi connectivity index (χ0n) is 14.9. The monoisotopic (exact) mass is 374 g/mol. The molecule has 0 bridgehead atoms. The van der Waals surface area contributed by atoms with Crippen molar-refractivity contribution >= 4 is 41.1 Å². The van der Waals surface area contributed by atoms with E-state index < -0.39 is 0 Å². The predicted molar refractivity (Wildman–Crippen MR) is 110 cm³/mol. The predicted octanol–water partition coefficient (Wildman–Crippen LogP) is 3.29. The van der Waals surface area contributed by atoms with Crippen molar-refractivity contribution in [3.05, 3.63) is 61.5 Å². The van der Waals surface area contributed by atoms with Gasteiger partial charge in [-0.15, -0.1) is 0 Å². The maximum Gasteiger partial charge on any atom is 0.228 e. The molecule has 2 aromatic heterocycles. The molecule has 0 unspecified atom stereocenters. The average Bonchev–Trinajstić information content (AvgIpc) is 3.12. The molecule has 0 aliphatic carbocycles. The summed E-state index contributed by atoms with van der Waals surface area (Å²) in [6.45, 7) is 3.47. The first-order valence-electron chi connectivity index (χ1n) is 8.45. The number of rotatable bonds is 8. The normalized spacial score (nSPS) is 11.1. The maximum absolute atomic E-state index is 11.9. The lowest BCUT2D eigenvalue weighted by molar-refractivity contribution is -0.115. The topological polar surface area (TPSA) is 112 Å². The molecule has 0 saturated heterocycles. The number of H-pyrrole nitrogens is 1. The molecule has 28 heavy (non-hydrogen) atoms. The van der Waals surface area contributed by atoms with Crippen LogP contribution in [0.5, 0.6) is 0 Å². The van der Waals surface area contributed by atoms with E-state index in [1.54, 1.807) is 42.8 Å². The number of amides is 2. The van der Waals surface area contributed by atoms with Crippen molar-refractivity contribution in [1.29, 1.82) is 0 Å². The Morgan fingerprint density at radius 1 is 1.29 bits per heavy atom. The fourth-order valence-electron chi connectivity index (χ4n) is 2.46. The molecular weight excluding hydrogens is 356 g/mol. The Morgan fingerprint density at radius 2 is 2.11 bits per heavy atom. The summed E-state index contributed by atoms with van der Waals surface area (Å²) in [7, 11) is 0. The highest BCUT2D eigenvalue weighted by Gasteiger charge is 2.07. The summed E-state index contributed by atoms with van der Waals surface area (Å²) >= 11 is 0. The van der Waals surface area contributed by atoms with Gasteiger partial charge in [-0.05, 0) is 30.3 Å². The summed E-state index contributed by atoms with van der Waals surface area (Å²) in [5, 5.41) is 5.32. The molecule has 2 heterocycles. The molecule has 3 rings (SSSR count). The Kier molecular flexibility index (Phi) is 6.04. The number of hydrogen-bond donors (Lipinski definition) is 3. The van der Waals surface area contributed by atoms with Gasteiger partial charge >= 0.3 is 0 Å². The first-order chi connectivity index (χ1) is 13.7. The maximum atomic E-state index is 11.9. The van der Waals surface area contributed by atoms with Crippen molar-refractivity contribution in [3.8, 4) is 11.4 Å². The lowest BCUT2D eigenvalue weighted by Gasteiger charge is -2.04. The van der Waals surface area contributed by atoms with Gasteiger partial charge in [-0.2, -0.15) is 0 Å². The number of benzene rings is 1. The van der Waals surface area contributed by atoms with Crippen molar-refractivity contribution in [2.24, 2.45) is 4.99 Å². The molecule has 0 aliphatic heterocycles. The Bertz CT molecular complexity index is 1050. The van der Waals surface area contributed by atoms with Crippen LogP contribution in [0.3, 0.4) is 0 Å². The van der Waals surface area contributed by atoms with E-state index in [9.17, 15) is 9.59 Å². The Balaban J connectivity index is 1.67. The largest absolute Gasteiger partial charge is 0.337 e. The van der Waals surface area contributed by atoms with E-state index in [0.29, 0.717) is 29.3 Å². The third-order valence-corrected chi connectivity index (χ3v) is 3.73. The van der Waals surface area contributed by atoms with Crippen molar-refractivity contribution in [3.63, 3.8) is 0 Å². The molecule has 0 atom stereocenters. The minimum Gasteiger partial charge on any atom is -0.337 e. The molecule has 140 valence electrons. The van der Waals surface area contributed by atoms with E-state index in [-0.39, 0.29) is 12.3 Å². The van der Waals surface area contributed by atoms with Gasteiger partial charge in [0, 0.05) is 36.2 Å². The highest BCUT2D eigenvalue weighted by Crippen LogP contribution is 2.23. The van der Waals surface area contributed by atoms with Crippen molar-refractivity contribution < 1.29 is 9.59 Å². The van der Waals surface area contributed by atoms with E-state index in [0.717, 1.165) is 11.1 Å². The van der Waals surface area contributed by atoms with Gasteiger partial charge in [0.15, 0.2) is 0 Å². The molecule has 2 amide bonds. The molecule has 1 aromatic carbocycles. The van der Waals surface area contributed by atoms with Crippen LogP contribution in [-0.4, -0.2) is 33.5 Å². The van der Waals surface area contributed by atoms with Crippen LogP contribution in [0.25, 0.3) is 22.4 Å². The van der Waals surface area contributed by atoms with E-state index in [2.05, 4.69) is 37.2 Å². The van der Waals surface area contributed by atoms with Crippen molar-refractivity contribution in [1.82, 2.24) is 15.0 Å². The van der Waals surface area contributed by atoms with Crippen LogP contribution in [0, 0.1) is 0 Å². The van der Waals surface area contributed by atoms with Gasteiger partial charge in [-0.1, -0.05) is 12.7 Å². The second-order valence-corrected chi connectivity index (χ2v) is 5.67. The Labute approximate surface area is 161 Å². The summed E-state index contributed by atoms with van der Waals surface area (Å²) in [6, 6.07) is 9.02. The number of fused-ring (bicyclic) bond motifs is 1. The third kappa shape index (κ3) is 4.76. The highest BCUT2D eigenvalue weighted by molar-refractivity contribution is 5.92. The number of carbonyl (C=O) groups is 2. The number of imidazole rings is 1. The molecule has 0 radical (unpaired) electrons. The van der Waals surface area contributed by atoms with Crippen LogP contribution in [0.15, 0.2) is 66.5 Å². The van der Waals surface area contributed by atoms with Gasteiger partial charge < -0.3 is 15.6 Å². The standard InChI is InChI=1S/C20H18N6O2/c1-2-21-10-4-3-5-19(28)24-15-8-6-14(7-9-15)20-25-16-11-18(23-13-27)22-12-17(16)26-20/h2-4,6-13H,1,5H2,(H,24,28)(H,25,26)(H,22,23,27)/b4-3-,21-10?. The minimum atomic E-state index is -0.124. The van der Waals surface area contributed by atoms with Crippen LogP contribution in [0.1, 0.15) is 6.42 Å². The smallest absolute Gasteiger partial charge is 0.228 e. The lowest BCUT2D eigenvalue weighted by Crippen LogP contribution is -2.09. The summed E-state index contributed by atoms with van der Waals surface area (Å²) in [5.74, 6) is 0.979. The van der Waals surface area contributed by atoms with E-state index >= 15 is 0 Å². The number of aromatic nitrogens is 3. The molecule has 0 spiro atoms. The number of nitrogens with one attached hydrogen (secondary N) is 3. The number of aromatic amines is 1. The van der Waals surface area contributed by atoms with Gasteiger partial charge in [-0.25, -0.2) is 9.97 Å². The number of hydrogen-bond acceptors (Lipinski definition) is 5. The number of allylic oxidation sites excluding steroid dienone is 1. The van der Waals surface area contributed by atoms with Crippen molar-refractivity contribution in [2.45, 2.75) is 6.42 Å². The molecule has 0 fully saturated rings. The van der Waals surface area contributed by atoms with E-state index in [4.69, 9.17) is 0 Å². The number of nitrogens with zero attached hydrogens (tertiary/aromatic N) is 3.